The highest BCUT2D eigenvalue weighted by molar-refractivity contribution is 7.89. The molecule has 1 N–H and O–H groups in total. The fourth-order valence-corrected chi connectivity index (χ4v) is 4.23. The molecule has 2 aromatic rings. The highest BCUT2D eigenvalue weighted by atomic mass is 32.2. The van der Waals surface area contributed by atoms with Crippen LogP contribution in [-0.4, -0.2) is 38.5 Å². The van der Waals surface area contributed by atoms with Crippen LogP contribution in [0.4, 0.5) is 4.79 Å². The first-order valence-electron chi connectivity index (χ1n) is 9.89. The van der Waals surface area contributed by atoms with Crippen LogP contribution in [0.1, 0.15) is 32.3 Å². The van der Waals surface area contributed by atoms with Gasteiger partial charge in [0.1, 0.15) is 6.61 Å². The third-order valence-corrected chi connectivity index (χ3v) is 6.32. The zero-order valence-electron chi connectivity index (χ0n) is 17.1. The summed E-state index contributed by atoms with van der Waals surface area (Å²) in [4.78, 5) is 12.1. The minimum Gasteiger partial charge on any atom is -0.445 e. The van der Waals surface area contributed by atoms with Crippen molar-refractivity contribution in [3.05, 3.63) is 66.2 Å². The van der Waals surface area contributed by atoms with Crippen molar-refractivity contribution in [3.63, 3.8) is 0 Å². The van der Waals surface area contributed by atoms with Crippen LogP contribution in [0.15, 0.2) is 65.6 Å². The normalized spacial score (nSPS) is 11.6. The molecule has 29 heavy (non-hydrogen) atoms. The largest absolute Gasteiger partial charge is 0.445 e. The van der Waals surface area contributed by atoms with E-state index in [4.69, 9.17) is 4.74 Å². The number of hydrogen-bond donors (Lipinski definition) is 1. The van der Waals surface area contributed by atoms with Gasteiger partial charge in [0.2, 0.25) is 10.0 Å². The summed E-state index contributed by atoms with van der Waals surface area (Å²) in [6.07, 6.45) is 0.775. The Labute approximate surface area is 173 Å². The first-order valence-corrected chi connectivity index (χ1v) is 11.3. The van der Waals surface area contributed by atoms with Crippen molar-refractivity contribution in [3.8, 4) is 0 Å². The Hall–Kier alpha value is -2.38. The molecule has 7 heteroatoms. The van der Waals surface area contributed by atoms with Gasteiger partial charge in [-0.15, -0.1) is 0 Å². The number of alkyl carbamates (subject to hydrolysis) is 1. The summed E-state index contributed by atoms with van der Waals surface area (Å²) in [7, 11) is -3.55. The van der Waals surface area contributed by atoms with E-state index in [9.17, 15) is 13.2 Å². The van der Waals surface area contributed by atoms with E-state index in [0.717, 1.165) is 12.0 Å². The Bertz CT molecular complexity index is 840. The number of rotatable bonds is 11. The van der Waals surface area contributed by atoms with Crippen molar-refractivity contribution in [2.75, 3.05) is 19.6 Å². The van der Waals surface area contributed by atoms with E-state index in [2.05, 4.69) is 19.2 Å². The highest BCUT2D eigenvalue weighted by Crippen LogP contribution is 2.17. The number of benzene rings is 2. The number of sulfonamides is 1. The van der Waals surface area contributed by atoms with Crippen LogP contribution in [0.25, 0.3) is 0 Å². The molecule has 0 aliphatic rings. The standard InChI is InChI=1S/C22H30N2O4S/c1-19(2)14-17-24(29(26,27)21-12-7-4-8-13-21)16-9-15-23-22(25)28-18-20-10-5-3-6-11-20/h3-8,10-13,19H,9,14-18H2,1-2H3,(H,23,25). The third kappa shape index (κ3) is 7.87. The molecule has 2 aromatic carbocycles. The second kappa shape index (κ2) is 11.6. The van der Waals surface area contributed by atoms with Crippen LogP contribution in [0.2, 0.25) is 0 Å². The summed E-state index contributed by atoms with van der Waals surface area (Å²) in [5, 5.41) is 2.68. The Morgan fingerprint density at radius 1 is 1.00 bits per heavy atom. The summed E-state index contributed by atoms with van der Waals surface area (Å²) < 4.78 is 32.6. The van der Waals surface area contributed by atoms with Crippen LogP contribution in [-0.2, 0) is 21.4 Å². The molecule has 0 aromatic heterocycles. The Morgan fingerprint density at radius 2 is 1.62 bits per heavy atom. The fraction of sp³-hybridized carbons (Fsp3) is 0.409. The summed E-state index contributed by atoms with van der Waals surface area (Å²) in [6, 6.07) is 17.9. The monoisotopic (exact) mass is 418 g/mol. The predicted octanol–water partition coefficient (Wildman–Crippen LogP) is 4.04. The van der Waals surface area contributed by atoms with Crippen LogP contribution >= 0.6 is 0 Å². The SMILES string of the molecule is CC(C)CCN(CCCNC(=O)OCc1ccccc1)S(=O)(=O)c1ccccc1. The molecule has 0 unspecified atom stereocenters. The minimum atomic E-state index is -3.55. The lowest BCUT2D eigenvalue weighted by atomic mass is 10.1. The van der Waals surface area contributed by atoms with Crippen molar-refractivity contribution in [1.82, 2.24) is 9.62 Å². The number of amides is 1. The van der Waals surface area contributed by atoms with E-state index in [1.54, 1.807) is 30.3 Å². The second-order valence-electron chi connectivity index (χ2n) is 7.24. The number of nitrogens with one attached hydrogen (secondary N) is 1. The molecule has 0 aliphatic carbocycles. The second-order valence-corrected chi connectivity index (χ2v) is 9.18. The van der Waals surface area contributed by atoms with E-state index < -0.39 is 16.1 Å². The van der Waals surface area contributed by atoms with Gasteiger partial charge in [-0.3, -0.25) is 0 Å². The molecule has 0 fully saturated rings. The van der Waals surface area contributed by atoms with E-state index in [1.165, 1.54) is 4.31 Å². The van der Waals surface area contributed by atoms with Gasteiger partial charge in [0.25, 0.3) is 0 Å². The van der Waals surface area contributed by atoms with Gasteiger partial charge in [-0.25, -0.2) is 13.2 Å². The van der Waals surface area contributed by atoms with Gasteiger partial charge in [0, 0.05) is 19.6 Å². The maximum atomic E-state index is 12.9. The lowest BCUT2D eigenvalue weighted by molar-refractivity contribution is 0.139. The van der Waals surface area contributed by atoms with Crippen LogP contribution in [0.5, 0.6) is 0 Å². The molecular weight excluding hydrogens is 388 g/mol. The Balaban J connectivity index is 1.83. The Kier molecular flexibility index (Phi) is 9.15. The number of carbonyl (C=O) groups excluding carboxylic acids is 1. The predicted molar refractivity (Wildman–Crippen MR) is 114 cm³/mol. The maximum absolute atomic E-state index is 12.9. The van der Waals surface area contributed by atoms with E-state index in [1.807, 2.05) is 30.3 Å². The summed E-state index contributed by atoms with van der Waals surface area (Å²) in [5.74, 6) is 0.398. The summed E-state index contributed by atoms with van der Waals surface area (Å²) >= 11 is 0. The van der Waals surface area contributed by atoms with Gasteiger partial charge in [0.05, 0.1) is 4.90 Å². The van der Waals surface area contributed by atoms with Gasteiger partial charge in [-0.1, -0.05) is 62.4 Å². The molecule has 0 bridgehead atoms. The molecule has 0 aliphatic heterocycles. The number of carbonyl (C=O) groups is 1. The zero-order chi connectivity index (χ0) is 21.1. The molecule has 0 heterocycles. The molecule has 6 nitrogen and oxygen atoms in total. The lowest BCUT2D eigenvalue weighted by Gasteiger charge is -2.23. The molecular formula is C22H30N2O4S. The first-order chi connectivity index (χ1) is 13.9. The van der Waals surface area contributed by atoms with Crippen LogP contribution in [0, 0.1) is 5.92 Å². The van der Waals surface area contributed by atoms with Gasteiger partial charge in [0.15, 0.2) is 0 Å². The van der Waals surface area contributed by atoms with Crippen molar-refractivity contribution >= 4 is 16.1 Å². The topological polar surface area (TPSA) is 75.7 Å². The molecule has 0 atom stereocenters. The smallest absolute Gasteiger partial charge is 0.407 e. The summed E-state index contributed by atoms with van der Waals surface area (Å²) in [6.45, 7) is 5.47. The lowest BCUT2D eigenvalue weighted by Crippen LogP contribution is -2.35. The van der Waals surface area contributed by atoms with Crippen molar-refractivity contribution < 1.29 is 17.9 Å². The molecule has 0 spiro atoms. The molecule has 0 saturated heterocycles. The Morgan fingerprint density at radius 3 is 2.24 bits per heavy atom. The van der Waals surface area contributed by atoms with Gasteiger partial charge >= 0.3 is 6.09 Å². The summed E-state index contributed by atoms with van der Waals surface area (Å²) in [5.41, 5.74) is 0.913. The van der Waals surface area contributed by atoms with Crippen molar-refractivity contribution in [1.29, 1.82) is 0 Å². The number of hydrogen-bond acceptors (Lipinski definition) is 4. The fourth-order valence-electron chi connectivity index (χ4n) is 2.72. The zero-order valence-corrected chi connectivity index (χ0v) is 17.9. The van der Waals surface area contributed by atoms with Crippen LogP contribution < -0.4 is 5.32 Å². The average Bonchev–Trinajstić information content (AvgIpc) is 2.72. The molecule has 1 amide bonds. The first kappa shape index (κ1) is 22.9. The highest BCUT2D eigenvalue weighted by Gasteiger charge is 2.23. The molecule has 0 radical (unpaired) electrons. The number of ether oxygens (including phenoxy) is 1. The average molecular weight is 419 g/mol. The van der Waals surface area contributed by atoms with E-state index in [0.29, 0.717) is 36.9 Å². The van der Waals surface area contributed by atoms with Gasteiger partial charge < -0.3 is 10.1 Å². The van der Waals surface area contributed by atoms with E-state index >= 15 is 0 Å². The third-order valence-electron chi connectivity index (χ3n) is 4.40. The molecule has 0 saturated carbocycles. The van der Waals surface area contributed by atoms with Gasteiger partial charge in [-0.2, -0.15) is 4.31 Å². The van der Waals surface area contributed by atoms with Crippen molar-refractivity contribution in [2.45, 2.75) is 38.2 Å². The quantitative estimate of drug-likeness (QED) is 0.559. The number of nitrogens with zero attached hydrogens (tertiary/aromatic N) is 1. The maximum Gasteiger partial charge on any atom is 0.407 e. The molecule has 158 valence electrons. The van der Waals surface area contributed by atoms with Crippen LogP contribution in [0.3, 0.4) is 0 Å². The van der Waals surface area contributed by atoms with Gasteiger partial charge in [-0.05, 0) is 36.5 Å². The minimum absolute atomic E-state index is 0.204. The van der Waals surface area contributed by atoms with E-state index in [-0.39, 0.29) is 6.61 Å². The molecule has 2 rings (SSSR count). The van der Waals surface area contributed by atoms with Crippen molar-refractivity contribution in [2.24, 2.45) is 5.92 Å².